The largest absolute Gasteiger partial charge is 0.391 e. The van der Waals surface area contributed by atoms with Crippen LogP contribution in [0.3, 0.4) is 0 Å². The Labute approximate surface area is 147 Å². The van der Waals surface area contributed by atoms with E-state index in [2.05, 4.69) is 10.6 Å². The molecule has 2 N–H and O–H groups in total. The average molecular weight is 369 g/mol. The van der Waals surface area contributed by atoms with Crippen molar-refractivity contribution in [2.24, 2.45) is 23.2 Å². The Morgan fingerprint density at radius 3 is 2.71 bits per heavy atom. The van der Waals surface area contributed by atoms with Gasteiger partial charge in [-0.15, -0.1) is 12.4 Å². The topological polar surface area (TPSA) is 41.1 Å². The highest BCUT2D eigenvalue weighted by molar-refractivity contribution is 5.85. The summed E-state index contributed by atoms with van der Waals surface area (Å²) >= 11 is 0. The van der Waals surface area contributed by atoms with E-state index >= 15 is 0 Å². The second-order valence-electron chi connectivity index (χ2n) is 7.71. The first-order valence-electron chi connectivity index (χ1n) is 8.97. The molecular formula is C17H28ClF3N2O. The summed E-state index contributed by atoms with van der Waals surface area (Å²) in [4.78, 5) is 12.7. The molecule has 3 fully saturated rings. The number of hydrogen-bond donors (Lipinski definition) is 2. The predicted octanol–water partition coefficient (Wildman–Crippen LogP) is 3.67. The molecule has 1 heterocycles. The number of nitrogens with one attached hydrogen (secondary N) is 2. The van der Waals surface area contributed by atoms with Gasteiger partial charge < -0.3 is 10.6 Å². The van der Waals surface area contributed by atoms with Crippen LogP contribution in [-0.4, -0.2) is 31.7 Å². The zero-order valence-electron chi connectivity index (χ0n) is 14.0. The summed E-state index contributed by atoms with van der Waals surface area (Å²) in [6.07, 6.45) is 1.96. The molecule has 3 aliphatic rings. The number of hydrogen-bond acceptors (Lipinski definition) is 2. The normalized spacial score (nSPS) is 36.5. The molecule has 0 aromatic carbocycles. The summed E-state index contributed by atoms with van der Waals surface area (Å²) in [6.45, 7) is 2.02. The second kappa shape index (κ2) is 7.81. The molecule has 0 spiro atoms. The summed E-state index contributed by atoms with van der Waals surface area (Å²) in [5.74, 6) is -0.758. The zero-order chi connectivity index (χ0) is 16.5. The first-order chi connectivity index (χ1) is 10.9. The van der Waals surface area contributed by atoms with Gasteiger partial charge in [0.2, 0.25) is 5.91 Å². The van der Waals surface area contributed by atoms with E-state index in [-0.39, 0.29) is 42.5 Å². The van der Waals surface area contributed by atoms with Crippen LogP contribution in [0.25, 0.3) is 0 Å². The van der Waals surface area contributed by atoms with Crippen LogP contribution in [0.1, 0.15) is 51.4 Å². The standard InChI is InChI=1S/C17H27F3N2O.ClH/c18-17(19,20)13-6-3-4-12(8-13)9-22-15(23)16-7-2-1-5-14(16)10-21-11-16;/h12-14,21H,1-11H2,(H,22,23);1H/t12?,13?,14-,16+;/m0./s1. The Kier molecular flexibility index (Phi) is 6.46. The van der Waals surface area contributed by atoms with Crippen molar-refractivity contribution in [3.8, 4) is 0 Å². The molecular weight excluding hydrogens is 341 g/mol. The van der Waals surface area contributed by atoms with Gasteiger partial charge in [-0.2, -0.15) is 13.2 Å². The van der Waals surface area contributed by atoms with Crippen molar-refractivity contribution in [3.05, 3.63) is 0 Å². The molecule has 1 aliphatic heterocycles. The molecule has 2 aliphatic carbocycles. The Morgan fingerprint density at radius 1 is 1.17 bits per heavy atom. The highest BCUT2D eigenvalue weighted by atomic mass is 35.5. The molecule has 3 nitrogen and oxygen atoms in total. The molecule has 0 aromatic heterocycles. The third kappa shape index (κ3) is 4.01. The SMILES string of the molecule is Cl.O=C(NCC1CCCC(C(F)(F)F)C1)[C@@]12CCCC[C@H]1CNC2. The summed E-state index contributed by atoms with van der Waals surface area (Å²) in [6, 6.07) is 0. The van der Waals surface area contributed by atoms with Crippen molar-refractivity contribution < 1.29 is 18.0 Å². The molecule has 24 heavy (non-hydrogen) atoms. The molecule has 0 radical (unpaired) electrons. The molecule has 1 amide bonds. The van der Waals surface area contributed by atoms with Gasteiger partial charge in [-0.3, -0.25) is 4.79 Å². The van der Waals surface area contributed by atoms with Crippen molar-refractivity contribution in [2.75, 3.05) is 19.6 Å². The van der Waals surface area contributed by atoms with E-state index in [4.69, 9.17) is 0 Å². The molecule has 2 unspecified atom stereocenters. The first kappa shape index (κ1) is 19.8. The van der Waals surface area contributed by atoms with Crippen LogP contribution in [-0.2, 0) is 4.79 Å². The fourth-order valence-electron chi connectivity index (χ4n) is 4.88. The Hall–Kier alpha value is -0.490. The highest BCUT2D eigenvalue weighted by Gasteiger charge is 2.50. The van der Waals surface area contributed by atoms with E-state index in [0.29, 0.717) is 18.9 Å². The van der Waals surface area contributed by atoms with Gasteiger partial charge in [0.15, 0.2) is 0 Å². The van der Waals surface area contributed by atoms with Crippen LogP contribution in [0, 0.1) is 23.2 Å². The van der Waals surface area contributed by atoms with Crippen molar-refractivity contribution >= 4 is 18.3 Å². The summed E-state index contributed by atoms with van der Waals surface area (Å²) in [7, 11) is 0. The fraction of sp³-hybridized carbons (Fsp3) is 0.941. The van der Waals surface area contributed by atoms with Crippen LogP contribution in [0.2, 0.25) is 0 Å². The molecule has 0 bridgehead atoms. The van der Waals surface area contributed by atoms with Gasteiger partial charge in [-0.05, 0) is 50.5 Å². The molecule has 140 valence electrons. The van der Waals surface area contributed by atoms with Crippen LogP contribution in [0.4, 0.5) is 13.2 Å². The Bertz CT molecular complexity index is 446. The molecule has 4 atom stereocenters. The number of fused-ring (bicyclic) bond motifs is 1. The monoisotopic (exact) mass is 368 g/mol. The Morgan fingerprint density at radius 2 is 1.96 bits per heavy atom. The minimum atomic E-state index is -4.09. The number of carbonyl (C=O) groups excluding carboxylic acids is 1. The fourth-order valence-corrected chi connectivity index (χ4v) is 4.88. The van der Waals surface area contributed by atoms with Crippen molar-refractivity contribution in [3.63, 3.8) is 0 Å². The van der Waals surface area contributed by atoms with E-state index < -0.39 is 12.1 Å². The number of halogens is 4. The maximum absolute atomic E-state index is 12.9. The second-order valence-corrected chi connectivity index (χ2v) is 7.71. The first-order valence-corrected chi connectivity index (χ1v) is 8.97. The maximum Gasteiger partial charge on any atom is 0.391 e. The van der Waals surface area contributed by atoms with Crippen LogP contribution in [0.15, 0.2) is 0 Å². The lowest BCUT2D eigenvalue weighted by Crippen LogP contribution is -2.49. The quantitative estimate of drug-likeness (QED) is 0.798. The van der Waals surface area contributed by atoms with Crippen LogP contribution in [0.5, 0.6) is 0 Å². The highest BCUT2D eigenvalue weighted by Crippen LogP contribution is 2.44. The van der Waals surface area contributed by atoms with Crippen molar-refractivity contribution in [1.82, 2.24) is 10.6 Å². The van der Waals surface area contributed by atoms with Gasteiger partial charge >= 0.3 is 6.18 Å². The molecule has 0 aromatic rings. The van der Waals surface area contributed by atoms with E-state index in [1.54, 1.807) is 0 Å². The minimum Gasteiger partial charge on any atom is -0.355 e. The van der Waals surface area contributed by atoms with Crippen molar-refractivity contribution in [2.45, 2.75) is 57.5 Å². The van der Waals surface area contributed by atoms with Gasteiger partial charge in [0.05, 0.1) is 11.3 Å². The molecule has 3 rings (SSSR count). The number of carbonyl (C=O) groups is 1. The average Bonchev–Trinajstić information content (AvgIpc) is 2.97. The van der Waals surface area contributed by atoms with Crippen LogP contribution < -0.4 is 10.6 Å². The van der Waals surface area contributed by atoms with Gasteiger partial charge in [0, 0.05) is 13.1 Å². The third-order valence-electron chi connectivity index (χ3n) is 6.29. The zero-order valence-corrected chi connectivity index (χ0v) is 14.8. The lowest BCUT2D eigenvalue weighted by Gasteiger charge is -2.38. The Balaban J connectivity index is 0.00000208. The van der Waals surface area contributed by atoms with E-state index in [0.717, 1.165) is 38.8 Å². The smallest absolute Gasteiger partial charge is 0.355 e. The summed E-state index contributed by atoms with van der Waals surface area (Å²) in [5, 5.41) is 6.35. The molecule has 7 heteroatoms. The van der Waals surface area contributed by atoms with Gasteiger partial charge in [-0.25, -0.2) is 0 Å². The number of rotatable bonds is 3. The van der Waals surface area contributed by atoms with Gasteiger partial charge in [0.25, 0.3) is 0 Å². The predicted molar refractivity (Wildman–Crippen MR) is 89.0 cm³/mol. The summed E-state index contributed by atoms with van der Waals surface area (Å²) in [5.41, 5.74) is -0.309. The van der Waals surface area contributed by atoms with Gasteiger partial charge in [-0.1, -0.05) is 19.3 Å². The maximum atomic E-state index is 12.9. The molecule has 1 saturated heterocycles. The lowest BCUT2D eigenvalue weighted by atomic mass is 9.67. The third-order valence-corrected chi connectivity index (χ3v) is 6.29. The number of alkyl halides is 3. The van der Waals surface area contributed by atoms with E-state index in [9.17, 15) is 18.0 Å². The molecule has 2 saturated carbocycles. The van der Waals surface area contributed by atoms with Gasteiger partial charge in [0.1, 0.15) is 0 Å². The van der Waals surface area contributed by atoms with Crippen LogP contribution >= 0.6 is 12.4 Å². The number of amides is 1. The summed E-state index contributed by atoms with van der Waals surface area (Å²) < 4.78 is 38.7. The lowest BCUT2D eigenvalue weighted by molar-refractivity contribution is -0.185. The van der Waals surface area contributed by atoms with E-state index in [1.165, 1.54) is 6.42 Å². The van der Waals surface area contributed by atoms with E-state index in [1.807, 2.05) is 0 Å². The minimum absolute atomic E-state index is 0. The van der Waals surface area contributed by atoms with Crippen molar-refractivity contribution in [1.29, 1.82) is 0 Å².